The molecule has 2 aromatic rings. The van der Waals surface area contributed by atoms with Gasteiger partial charge in [-0.1, -0.05) is 22.9 Å². The number of benzene rings is 1. The van der Waals surface area contributed by atoms with E-state index in [1.807, 2.05) is 31.2 Å². The van der Waals surface area contributed by atoms with Gasteiger partial charge in [-0.2, -0.15) is 0 Å². The van der Waals surface area contributed by atoms with Crippen molar-refractivity contribution in [3.8, 4) is 5.75 Å². The highest BCUT2D eigenvalue weighted by Gasteiger charge is 2.02. The van der Waals surface area contributed by atoms with E-state index in [1.165, 1.54) is 0 Å². The summed E-state index contributed by atoms with van der Waals surface area (Å²) in [5.41, 5.74) is 2.20. The number of carbonyl (C=O) groups excluding carboxylic acids is 1. The van der Waals surface area contributed by atoms with Crippen LogP contribution in [0.1, 0.15) is 17.5 Å². The first-order valence-electron chi connectivity index (χ1n) is 6.58. The van der Waals surface area contributed by atoms with Crippen molar-refractivity contribution in [3.63, 3.8) is 0 Å². The molecule has 20 heavy (non-hydrogen) atoms. The molecule has 1 aromatic carbocycles. The summed E-state index contributed by atoms with van der Waals surface area (Å²) in [5, 5.41) is 6.43. The Labute approximate surface area is 117 Å². The lowest BCUT2D eigenvalue weighted by molar-refractivity contribution is -0.123. The quantitative estimate of drug-likeness (QED) is 0.785. The highest BCUT2D eigenvalue weighted by Crippen LogP contribution is 2.10. The third-order valence-corrected chi connectivity index (χ3v) is 2.84. The molecule has 0 aliphatic heterocycles. The van der Waals surface area contributed by atoms with Crippen LogP contribution in [0.25, 0.3) is 0 Å². The van der Waals surface area contributed by atoms with Crippen molar-refractivity contribution in [2.45, 2.75) is 19.8 Å². The molecule has 5 heteroatoms. The van der Waals surface area contributed by atoms with E-state index in [4.69, 9.17) is 9.26 Å². The van der Waals surface area contributed by atoms with Crippen molar-refractivity contribution in [1.29, 1.82) is 0 Å². The lowest BCUT2D eigenvalue weighted by Gasteiger charge is -2.07. The summed E-state index contributed by atoms with van der Waals surface area (Å²) in [7, 11) is 0. The van der Waals surface area contributed by atoms with Crippen molar-refractivity contribution < 1.29 is 14.1 Å². The number of carbonyl (C=O) groups is 1. The number of aromatic nitrogens is 1. The Morgan fingerprint density at radius 3 is 2.85 bits per heavy atom. The van der Waals surface area contributed by atoms with Gasteiger partial charge in [-0.25, -0.2) is 0 Å². The van der Waals surface area contributed by atoms with Gasteiger partial charge in [0.15, 0.2) is 6.61 Å². The molecule has 1 amide bonds. The lowest BCUT2D eigenvalue weighted by Crippen LogP contribution is -2.29. The molecule has 0 bridgehead atoms. The average Bonchev–Trinajstić information content (AvgIpc) is 2.96. The highest BCUT2D eigenvalue weighted by molar-refractivity contribution is 5.77. The van der Waals surface area contributed by atoms with E-state index in [0.717, 1.165) is 24.0 Å². The lowest BCUT2D eigenvalue weighted by atomic mass is 10.2. The third kappa shape index (κ3) is 4.76. The molecular weight excluding hydrogens is 256 g/mol. The van der Waals surface area contributed by atoms with Gasteiger partial charge in [0.25, 0.3) is 5.91 Å². The second-order valence-electron chi connectivity index (χ2n) is 4.59. The second-order valence-corrected chi connectivity index (χ2v) is 4.59. The van der Waals surface area contributed by atoms with Gasteiger partial charge in [0, 0.05) is 12.1 Å². The number of rotatable bonds is 7. The van der Waals surface area contributed by atoms with Crippen LogP contribution >= 0.6 is 0 Å². The largest absolute Gasteiger partial charge is 0.484 e. The Morgan fingerprint density at radius 1 is 1.35 bits per heavy atom. The maximum absolute atomic E-state index is 11.6. The number of hydrogen-bond acceptors (Lipinski definition) is 4. The molecule has 0 fully saturated rings. The van der Waals surface area contributed by atoms with E-state index in [0.29, 0.717) is 12.3 Å². The van der Waals surface area contributed by atoms with Crippen LogP contribution in [0, 0.1) is 6.92 Å². The van der Waals surface area contributed by atoms with E-state index < -0.39 is 0 Å². The van der Waals surface area contributed by atoms with Crippen molar-refractivity contribution in [3.05, 3.63) is 47.9 Å². The molecule has 1 N–H and O–H groups in total. The van der Waals surface area contributed by atoms with Gasteiger partial charge in [0.05, 0.1) is 6.20 Å². The first-order valence-corrected chi connectivity index (χ1v) is 6.58. The van der Waals surface area contributed by atoms with Crippen LogP contribution in [0.4, 0.5) is 0 Å². The zero-order valence-electron chi connectivity index (χ0n) is 11.5. The molecule has 0 unspecified atom stereocenters. The normalized spacial score (nSPS) is 10.2. The summed E-state index contributed by atoms with van der Waals surface area (Å²) in [6, 6.07) is 7.61. The van der Waals surface area contributed by atoms with Crippen LogP contribution in [-0.4, -0.2) is 24.2 Å². The molecule has 0 saturated carbocycles. The number of amides is 1. The molecule has 1 heterocycles. The van der Waals surface area contributed by atoms with E-state index in [9.17, 15) is 4.79 Å². The fraction of sp³-hybridized carbons (Fsp3) is 0.333. The van der Waals surface area contributed by atoms with Gasteiger partial charge in [-0.05, 0) is 31.9 Å². The molecule has 0 radical (unpaired) electrons. The molecule has 0 aliphatic rings. The zero-order valence-corrected chi connectivity index (χ0v) is 11.5. The third-order valence-electron chi connectivity index (χ3n) is 2.84. The Bertz CT molecular complexity index is 521. The van der Waals surface area contributed by atoms with Crippen LogP contribution < -0.4 is 10.1 Å². The number of ether oxygens (including phenoxy) is 1. The van der Waals surface area contributed by atoms with Crippen molar-refractivity contribution >= 4 is 5.91 Å². The SMILES string of the molecule is Cc1ccc(OCC(=O)NCCCc2cnoc2)cc1. The molecule has 1 aromatic heterocycles. The van der Waals surface area contributed by atoms with Crippen LogP contribution in [0.3, 0.4) is 0 Å². The number of aryl methyl sites for hydroxylation is 2. The van der Waals surface area contributed by atoms with Gasteiger partial charge >= 0.3 is 0 Å². The summed E-state index contributed by atoms with van der Waals surface area (Å²) in [4.78, 5) is 11.6. The molecule has 5 nitrogen and oxygen atoms in total. The standard InChI is InChI=1S/C15H18N2O3/c1-12-4-6-14(7-5-12)19-11-15(18)16-8-2-3-13-9-17-20-10-13/h4-7,9-10H,2-3,8,11H2,1H3,(H,16,18). The maximum Gasteiger partial charge on any atom is 0.257 e. The van der Waals surface area contributed by atoms with Crippen LogP contribution in [-0.2, 0) is 11.2 Å². The molecule has 0 atom stereocenters. The van der Waals surface area contributed by atoms with Crippen molar-refractivity contribution in [1.82, 2.24) is 10.5 Å². The van der Waals surface area contributed by atoms with Gasteiger partial charge in [0.2, 0.25) is 0 Å². The minimum absolute atomic E-state index is 0.0380. The number of nitrogens with one attached hydrogen (secondary N) is 1. The summed E-state index contributed by atoms with van der Waals surface area (Å²) in [6.07, 6.45) is 4.98. The number of hydrogen-bond donors (Lipinski definition) is 1. The van der Waals surface area contributed by atoms with E-state index in [-0.39, 0.29) is 12.5 Å². The maximum atomic E-state index is 11.6. The molecule has 0 aliphatic carbocycles. The smallest absolute Gasteiger partial charge is 0.257 e. The van der Waals surface area contributed by atoms with E-state index >= 15 is 0 Å². The molecule has 0 saturated heterocycles. The van der Waals surface area contributed by atoms with E-state index in [1.54, 1.807) is 12.5 Å². The fourth-order valence-electron chi connectivity index (χ4n) is 1.70. The highest BCUT2D eigenvalue weighted by atomic mass is 16.5. The van der Waals surface area contributed by atoms with E-state index in [2.05, 4.69) is 10.5 Å². The Kier molecular flexibility index (Phi) is 5.17. The Hall–Kier alpha value is -2.30. The Balaban J connectivity index is 1.59. The fourth-order valence-corrected chi connectivity index (χ4v) is 1.70. The van der Waals surface area contributed by atoms with Gasteiger partial charge < -0.3 is 14.6 Å². The summed E-state index contributed by atoms with van der Waals surface area (Å²) in [5.74, 6) is 0.589. The van der Waals surface area contributed by atoms with Crippen LogP contribution in [0.2, 0.25) is 0 Å². The summed E-state index contributed by atoms with van der Waals surface area (Å²) < 4.78 is 10.1. The second kappa shape index (κ2) is 7.33. The van der Waals surface area contributed by atoms with Gasteiger partial charge in [-0.15, -0.1) is 0 Å². The first-order chi connectivity index (χ1) is 9.74. The minimum Gasteiger partial charge on any atom is -0.484 e. The Morgan fingerprint density at radius 2 is 2.15 bits per heavy atom. The average molecular weight is 274 g/mol. The zero-order chi connectivity index (χ0) is 14.2. The topological polar surface area (TPSA) is 64.4 Å². The van der Waals surface area contributed by atoms with Crippen molar-refractivity contribution in [2.75, 3.05) is 13.2 Å². The molecule has 106 valence electrons. The molecule has 2 rings (SSSR count). The van der Waals surface area contributed by atoms with Crippen molar-refractivity contribution in [2.24, 2.45) is 0 Å². The number of nitrogens with zero attached hydrogens (tertiary/aromatic N) is 1. The van der Waals surface area contributed by atoms with Gasteiger partial charge in [0.1, 0.15) is 12.0 Å². The first kappa shape index (κ1) is 14.1. The van der Waals surface area contributed by atoms with Crippen LogP contribution in [0.15, 0.2) is 41.2 Å². The monoisotopic (exact) mass is 274 g/mol. The predicted molar refractivity (Wildman–Crippen MR) is 74.5 cm³/mol. The van der Waals surface area contributed by atoms with Gasteiger partial charge in [-0.3, -0.25) is 4.79 Å². The molecule has 0 spiro atoms. The summed E-state index contributed by atoms with van der Waals surface area (Å²) >= 11 is 0. The summed E-state index contributed by atoms with van der Waals surface area (Å²) in [6.45, 7) is 2.66. The van der Waals surface area contributed by atoms with Crippen LogP contribution in [0.5, 0.6) is 5.75 Å². The molecular formula is C15H18N2O3. The predicted octanol–water partition coefficient (Wildman–Crippen LogP) is 2.11. The minimum atomic E-state index is -0.115.